The first-order chi connectivity index (χ1) is 9.55. The Morgan fingerprint density at radius 3 is 2.90 bits per heavy atom. The van der Waals surface area contributed by atoms with Crippen molar-refractivity contribution in [3.8, 4) is 0 Å². The van der Waals surface area contributed by atoms with E-state index in [9.17, 15) is 9.90 Å². The third kappa shape index (κ3) is 3.19. The molecular weight excluding hydrogens is 274 g/mol. The van der Waals surface area contributed by atoms with Crippen molar-refractivity contribution in [3.63, 3.8) is 0 Å². The van der Waals surface area contributed by atoms with Crippen LogP contribution in [-0.2, 0) is 11.2 Å². The third-order valence-corrected chi connectivity index (χ3v) is 4.76. The molecule has 1 aromatic carbocycles. The zero-order chi connectivity index (χ0) is 14.7. The van der Waals surface area contributed by atoms with Gasteiger partial charge in [-0.2, -0.15) is 11.8 Å². The van der Waals surface area contributed by atoms with E-state index < -0.39 is 0 Å². The molecule has 0 bridgehead atoms. The van der Waals surface area contributed by atoms with Gasteiger partial charge in [-0.25, -0.2) is 0 Å². The van der Waals surface area contributed by atoms with E-state index in [1.807, 2.05) is 19.2 Å². The fraction of sp³-hybridized carbons (Fsp3) is 0.500. The van der Waals surface area contributed by atoms with E-state index in [4.69, 9.17) is 5.73 Å². The van der Waals surface area contributed by atoms with Gasteiger partial charge in [0.2, 0.25) is 5.91 Å². The first-order valence-corrected chi connectivity index (χ1v) is 7.96. The van der Waals surface area contributed by atoms with Gasteiger partial charge >= 0.3 is 0 Å². The summed E-state index contributed by atoms with van der Waals surface area (Å²) in [5.74, 6) is 0.0358. The van der Waals surface area contributed by atoms with Crippen molar-refractivity contribution in [1.82, 2.24) is 0 Å². The van der Waals surface area contributed by atoms with Crippen molar-refractivity contribution in [2.24, 2.45) is 0 Å². The summed E-state index contributed by atoms with van der Waals surface area (Å²) >= 11 is 1.62. The quantitative estimate of drug-likeness (QED) is 0.621. The smallest absolute Gasteiger partial charge is 0.224 e. The number of aryl methyl sites for hydroxylation is 1. The maximum Gasteiger partial charge on any atom is 0.224 e. The molecule has 1 heterocycles. The first kappa shape index (κ1) is 15.0. The normalized spacial score (nSPS) is 17.1. The molecule has 0 saturated heterocycles. The number of amides is 1. The van der Waals surface area contributed by atoms with Crippen LogP contribution in [-0.4, -0.2) is 35.2 Å². The standard InChI is InChI=1S/C14H21N3O2S/c1-8(13(7-18)20-2)16-12-5-9-3-4-14(19)17-11(9)6-10(12)15/h5-6,8,13,16,18H,3-4,7,15H2,1-2H3,(H,17,19). The fourth-order valence-corrected chi connectivity index (χ4v) is 2.97. The van der Waals surface area contributed by atoms with Crippen LogP contribution in [0.3, 0.4) is 0 Å². The molecule has 0 spiro atoms. The SMILES string of the molecule is CSC(CO)C(C)Nc1cc2c(cc1N)NC(=O)CC2. The van der Waals surface area contributed by atoms with Gasteiger partial charge in [0.25, 0.3) is 0 Å². The van der Waals surface area contributed by atoms with E-state index in [0.29, 0.717) is 12.1 Å². The Morgan fingerprint density at radius 2 is 2.25 bits per heavy atom. The number of rotatable bonds is 5. The minimum atomic E-state index is 0.0358. The van der Waals surface area contributed by atoms with Crippen molar-refractivity contribution in [1.29, 1.82) is 0 Å². The van der Waals surface area contributed by atoms with Crippen LogP contribution in [0.2, 0.25) is 0 Å². The highest BCUT2D eigenvalue weighted by atomic mass is 32.2. The lowest BCUT2D eigenvalue weighted by Gasteiger charge is -2.25. The lowest BCUT2D eigenvalue weighted by Crippen LogP contribution is -2.31. The number of aliphatic hydroxyl groups excluding tert-OH is 1. The van der Waals surface area contributed by atoms with Crippen molar-refractivity contribution in [3.05, 3.63) is 17.7 Å². The molecular formula is C14H21N3O2S. The van der Waals surface area contributed by atoms with Gasteiger partial charge < -0.3 is 21.5 Å². The average Bonchev–Trinajstić information content (AvgIpc) is 2.41. The van der Waals surface area contributed by atoms with Gasteiger partial charge in [0.05, 0.1) is 18.0 Å². The Kier molecular flexibility index (Phi) is 4.77. The van der Waals surface area contributed by atoms with Crippen LogP contribution >= 0.6 is 11.8 Å². The van der Waals surface area contributed by atoms with E-state index in [1.54, 1.807) is 17.8 Å². The predicted molar refractivity (Wildman–Crippen MR) is 85.3 cm³/mol. The summed E-state index contributed by atoms with van der Waals surface area (Å²) in [6.45, 7) is 2.15. The number of thioether (sulfide) groups is 1. The minimum Gasteiger partial charge on any atom is -0.397 e. The molecule has 0 saturated carbocycles. The molecule has 0 aromatic heterocycles. The fourth-order valence-electron chi connectivity index (χ4n) is 2.35. The van der Waals surface area contributed by atoms with Crippen molar-refractivity contribution in [2.75, 3.05) is 29.2 Å². The number of hydrogen-bond donors (Lipinski definition) is 4. The third-order valence-electron chi connectivity index (χ3n) is 3.59. The van der Waals surface area contributed by atoms with Crippen molar-refractivity contribution < 1.29 is 9.90 Å². The van der Waals surface area contributed by atoms with Crippen LogP contribution in [0.15, 0.2) is 12.1 Å². The maximum absolute atomic E-state index is 11.4. The van der Waals surface area contributed by atoms with Crippen molar-refractivity contribution in [2.45, 2.75) is 31.1 Å². The number of nitrogens with two attached hydrogens (primary N) is 1. The zero-order valence-electron chi connectivity index (χ0n) is 11.8. The molecule has 110 valence electrons. The van der Waals surface area contributed by atoms with Gasteiger partial charge in [0, 0.05) is 23.4 Å². The topological polar surface area (TPSA) is 87.4 Å². The number of fused-ring (bicyclic) bond motifs is 1. The minimum absolute atomic E-state index is 0.0358. The number of aliphatic hydroxyl groups is 1. The number of anilines is 3. The molecule has 2 rings (SSSR count). The molecule has 20 heavy (non-hydrogen) atoms. The zero-order valence-corrected chi connectivity index (χ0v) is 12.6. The summed E-state index contributed by atoms with van der Waals surface area (Å²) in [6, 6.07) is 3.90. The van der Waals surface area contributed by atoms with Crippen LogP contribution < -0.4 is 16.4 Å². The monoisotopic (exact) mass is 295 g/mol. The van der Waals surface area contributed by atoms with E-state index in [2.05, 4.69) is 10.6 Å². The van der Waals surface area contributed by atoms with Crippen molar-refractivity contribution >= 4 is 34.7 Å². The van der Waals surface area contributed by atoms with Crippen LogP contribution in [0.1, 0.15) is 18.9 Å². The van der Waals surface area contributed by atoms with Crippen LogP contribution in [0.4, 0.5) is 17.1 Å². The Morgan fingerprint density at radius 1 is 1.50 bits per heavy atom. The highest BCUT2D eigenvalue weighted by Gasteiger charge is 2.19. The second-order valence-electron chi connectivity index (χ2n) is 5.03. The molecule has 0 aliphatic carbocycles. The molecule has 5 nitrogen and oxygen atoms in total. The number of hydrogen-bond acceptors (Lipinski definition) is 5. The Bertz CT molecular complexity index is 503. The highest BCUT2D eigenvalue weighted by molar-refractivity contribution is 7.99. The highest BCUT2D eigenvalue weighted by Crippen LogP contribution is 2.32. The molecule has 2 unspecified atom stereocenters. The molecule has 0 fully saturated rings. The van der Waals surface area contributed by atoms with Gasteiger partial charge in [0.15, 0.2) is 0 Å². The van der Waals surface area contributed by atoms with Crippen LogP contribution in [0, 0.1) is 0 Å². The first-order valence-electron chi connectivity index (χ1n) is 6.67. The van der Waals surface area contributed by atoms with Crippen LogP contribution in [0.5, 0.6) is 0 Å². The summed E-state index contributed by atoms with van der Waals surface area (Å²) in [4.78, 5) is 11.4. The molecule has 1 aliphatic rings. The molecule has 1 aliphatic heterocycles. The van der Waals surface area contributed by atoms with E-state index in [1.165, 1.54) is 0 Å². The van der Waals surface area contributed by atoms with E-state index >= 15 is 0 Å². The average molecular weight is 295 g/mol. The molecule has 1 aromatic rings. The summed E-state index contributed by atoms with van der Waals surface area (Å²) in [7, 11) is 0. The molecule has 2 atom stereocenters. The predicted octanol–water partition coefficient (Wildman–Crippen LogP) is 1.68. The van der Waals surface area contributed by atoms with Gasteiger partial charge in [-0.05, 0) is 37.3 Å². The van der Waals surface area contributed by atoms with Gasteiger partial charge in [-0.1, -0.05) is 0 Å². The van der Waals surface area contributed by atoms with E-state index in [0.717, 1.165) is 23.4 Å². The van der Waals surface area contributed by atoms with E-state index in [-0.39, 0.29) is 23.8 Å². The maximum atomic E-state index is 11.4. The number of nitrogens with one attached hydrogen (secondary N) is 2. The summed E-state index contributed by atoms with van der Waals surface area (Å²) < 4.78 is 0. The number of nitrogen functional groups attached to an aromatic ring is 1. The Labute approximate surface area is 123 Å². The Balaban J connectivity index is 2.19. The summed E-state index contributed by atoms with van der Waals surface area (Å²) in [5, 5.41) is 15.6. The molecule has 5 N–H and O–H groups in total. The lowest BCUT2D eigenvalue weighted by atomic mass is 10.0. The second kappa shape index (κ2) is 6.37. The second-order valence-corrected chi connectivity index (χ2v) is 6.11. The summed E-state index contributed by atoms with van der Waals surface area (Å²) in [6.07, 6.45) is 3.22. The molecule has 0 radical (unpaired) electrons. The summed E-state index contributed by atoms with van der Waals surface area (Å²) in [5.41, 5.74) is 9.41. The number of benzene rings is 1. The number of carbonyl (C=O) groups is 1. The van der Waals surface area contributed by atoms with Crippen LogP contribution in [0.25, 0.3) is 0 Å². The number of carbonyl (C=O) groups excluding carboxylic acids is 1. The Hall–Kier alpha value is -1.40. The largest absolute Gasteiger partial charge is 0.397 e. The van der Waals surface area contributed by atoms with Gasteiger partial charge in [0.1, 0.15) is 0 Å². The van der Waals surface area contributed by atoms with Gasteiger partial charge in [-0.15, -0.1) is 0 Å². The van der Waals surface area contributed by atoms with Gasteiger partial charge in [-0.3, -0.25) is 4.79 Å². The lowest BCUT2D eigenvalue weighted by molar-refractivity contribution is -0.116. The molecule has 6 heteroatoms. The molecule has 1 amide bonds.